The lowest BCUT2D eigenvalue weighted by molar-refractivity contribution is -0.143. The third kappa shape index (κ3) is 3.37. The molecule has 1 saturated carbocycles. The Hall–Kier alpha value is -1.30. The zero-order chi connectivity index (χ0) is 13.8. The minimum Gasteiger partial charge on any atom is -0.481 e. The van der Waals surface area contributed by atoms with E-state index in [1.807, 2.05) is 0 Å². The Labute approximate surface area is 113 Å². The van der Waals surface area contributed by atoms with Crippen molar-refractivity contribution in [2.24, 2.45) is 5.92 Å². The molecule has 2 N–H and O–H groups in total. The molecule has 1 heterocycles. The number of hydrogen-bond donors (Lipinski definition) is 2. The summed E-state index contributed by atoms with van der Waals surface area (Å²) in [4.78, 5) is 25.0. The lowest BCUT2D eigenvalue weighted by Crippen LogP contribution is -2.51. The van der Waals surface area contributed by atoms with E-state index in [-0.39, 0.29) is 18.1 Å². The van der Waals surface area contributed by atoms with Crippen molar-refractivity contribution in [3.05, 3.63) is 0 Å². The summed E-state index contributed by atoms with van der Waals surface area (Å²) in [6.45, 7) is 1.25. The molecule has 0 radical (unpaired) electrons. The number of ether oxygens (including phenoxy) is 1. The first-order chi connectivity index (χ1) is 9.09. The highest BCUT2D eigenvalue weighted by Gasteiger charge is 2.33. The predicted octanol–water partition coefficient (Wildman–Crippen LogP) is 1.06. The predicted molar refractivity (Wildman–Crippen MR) is 68.9 cm³/mol. The summed E-state index contributed by atoms with van der Waals surface area (Å²) in [6.07, 6.45) is 4.14. The highest BCUT2D eigenvalue weighted by Crippen LogP contribution is 2.25. The van der Waals surface area contributed by atoms with Crippen molar-refractivity contribution in [1.29, 1.82) is 0 Å². The highest BCUT2D eigenvalue weighted by atomic mass is 16.5. The second kappa shape index (κ2) is 6.23. The van der Waals surface area contributed by atoms with E-state index in [1.165, 1.54) is 0 Å². The summed E-state index contributed by atoms with van der Waals surface area (Å²) in [6, 6.07) is -0.330. The van der Waals surface area contributed by atoms with Crippen LogP contribution in [0.15, 0.2) is 0 Å². The standard InChI is InChI=1S/C13H22N2O4/c1-15(9-6-7-19-8-9)13(18)14-11-5-3-2-4-10(11)12(16)17/h9-11H,2-8H2,1H3,(H,14,18)(H,16,17). The molecule has 6 heteroatoms. The molecule has 2 rings (SSSR count). The van der Waals surface area contributed by atoms with E-state index in [0.29, 0.717) is 19.6 Å². The number of rotatable bonds is 3. The van der Waals surface area contributed by atoms with Gasteiger partial charge in [0.05, 0.1) is 18.6 Å². The van der Waals surface area contributed by atoms with Gasteiger partial charge in [0.1, 0.15) is 0 Å². The van der Waals surface area contributed by atoms with Crippen LogP contribution in [0.3, 0.4) is 0 Å². The maximum Gasteiger partial charge on any atom is 0.317 e. The van der Waals surface area contributed by atoms with Crippen molar-refractivity contribution in [3.8, 4) is 0 Å². The van der Waals surface area contributed by atoms with Gasteiger partial charge < -0.3 is 20.1 Å². The molecule has 1 aliphatic carbocycles. The second-order valence-corrected chi connectivity index (χ2v) is 5.41. The van der Waals surface area contributed by atoms with Gasteiger partial charge in [-0.25, -0.2) is 4.79 Å². The Balaban J connectivity index is 1.90. The van der Waals surface area contributed by atoms with Crippen LogP contribution in [-0.2, 0) is 9.53 Å². The van der Waals surface area contributed by atoms with Gasteiger partial charge in [-0.1, -0.05) is 12.8 Å². The molecule has 1 saturated heterocycles. The smallest absolute Gasteiger partial charge is 0.317 e. The molecule has 19 heavy (non-hydrogen) atoms. The van der Waals surface area contributed by atoms with Crippen LogP contribution in [-0.4, -0.2) is 54.4 Å². The third-order valence-electron chi connectivity index (χ3n) is 4.17. The molecular formula is C13H22N2O4. The Morgan fingerprint density at radius 3 is 2.63 bits per heavy atom. The molecule has 1 aliphatic heterocycles. The molecule has 0 aromatic carbocycles. The first kappa shape index (κ1) is 14.1. The van der Waals surface area contributed by atoms with Crippen LogP contribution in [0, 0.1) is 5.92 Å². The van der Waals surface area contributed by atoms with E-state index in [4.69, 9.17) is 4.74 Å². The number of hydrogen-bond acceptors (Lipinski definition) is 3. The maximum atomic E-state index is 12.1. The summed E-state index contributed by atoms with van der Waals surface area (Å²) in [5.41, 5.74) is 0. The molecule has 0 aromatic rings. The highest BCUT2D eigenvalue weighted by molar-refractivity contribution is 5.77. The van der Waals surface area contributed by atoms with E-state index >= 15 is 0 Å². The monoisotopic (exact) mass is 270 g/mol. The minimum atomic E-state index is -0.808. The Morgan fingerprint density at radius 1 is 1.26 bits per heavy atom. The average Bonchev–Trinajstić information content (AvgIpc) is 2.92. The van der Waals surface area contributed by atoms with Crippen LogP contribution in [0.25, 0.3) is 0 Å². The topological polar surface area (TPSA) is 78.9 Å². The molecule has 2 fully saturated rings. The van der Waals surface area contributed by atoms with Crippen molar-refractivity contribution in [2.75, 3.05) is 20.3 Å². The van der Waals surface area contributed by atoms with E-state index < -0.39 is 11.9 Å². The van der Waals surface area contributed by atoms with Gasteiger partial charge in [0.25, 0.3) is 0 Å². The van der Waals surface area contributed by atoms with Gasteiger partial charge in [0.15, 0.2) is 0 Å². The summed E-state index contributed by atoms with van der Waals surface area (Å²) in [7, 11) is 1.74. The lowest BCUT2D eigenvalue weighted by Gasteiger charge is -2.32. The summed E-state index contributed by atoms with van der Waals surface area (Å²) >= 11 is 0. The Kier molecular flexibility index (Phi) is 4.63. The van der Waals surface area contributed by atoms with Gasteiger partial charge in [0.2, 0.25) is 0 Å². The number of urea groups is 1. The SMILES string of the molecule is CN(C(=O)NC1CCCCC1C(=O)O)C1CCOC1. The minimum absolute atomic E-state index is 0.104. The Morgan fingerprint density at radius 2 is 2.00 bits per heavy atom. The van der Waals surface area contributed by atoms with E-state index in [9.17, 15) is 14.7 Å². The maximum absolute atomic E-state index is 12.1. The third-order valence-corrected chi connectivity index (χ3v) is 4.17. The summed E-state index contributed by atoms with van der Waals surface area (Å²) < 4.78 is 5.26. The van der Waals surface area contributed by atoms with Crippen LogP contribution in [0.2, 0.25) is 0 Å². The van der Waals surface area contributed by atoms with Crippen molar-refractivity contribution < 1.29 is 19.4 Å². The fraction of sp³-hybridized carbons (Fsp3) is 0.846. The number of carboxylic acids is 1. The van der Waals surface area contributed by atoms with Crippen LogP contribution < -0.4 is 5.32 Å². The van der Waals surface area contributed by atoms with Crippen LogP contribution in [0.5, 0.6) is 0 Å². The van der Waals surface area contributed by atoms with Crippen molar-refractivity contribution >= 4 is 12.0 Å². The summed E-state index contributed by atoms with van der Waals surface area (Å²) in [5, 5.41) is 12.1. The van der Waals surface area contributed by atoms with Crippen molar-refractivity contribution in [1.82, 2.24) is 10.2 Å². The van der Waals surface area contributed by atoms with Gasteiger partial charge in [-0.05, 0) is 19.3 Å². The van der Waals surface area contributed by atoms with E-state index in [2.05, 4.69) is 5.32 Å². The number of amides is 2. The molecular weight excluding hydrogens is 248 g/mol. The number of aliphatic carboxylic acids is 1. The van der Waals surface area contributed by atoms with Crippen LogP contribution >= 0.6 is 0 Å². The molecule has 2 amide bonds. The van der Waals surface area contributed by atoms with Crippen molar-refractivity contribution in [2.45, 2.75) is 44.2 Å². The fourth-order valence-electron chi connectivity index (χ4n) is 2.85. The van der Waals surface area contributed by atoms with E-state index in [1.54, 1.807) is 11.9 Å². The second-order valence-electron chi connectivity index (χ2n) is 5.41. The zero-order valence-electron chi connectivity index (χ0n) is 11.3. The van der Waals surface area contributed by atoms with Gasteiger partial charge in [-0.3, -0.25) is 4.79 Å². The first-order valence-corrected chi connectivity index (χ1v) is 6.93. The van der Waals surface area contributed by atoms with Gasteiger partial charge >= 0.3 is 12.0 Å². The lowest BCUT2D eigenvalue weighted by atomic mass is 9.84. The molecule has 6 nitrogen and oxygen atoms in total. The number of carbonyl (C=O) groups excluding carboxylic acids is 1. The largest absolute Gasteiger partial charge is 0.481 e. The molecule has 3 atom stereocenters. The average molecular weight is 270 g/mol. The van der Waals surface area contributed by atoms with Gasteiger partial charge in [-0.15, -0.1) is 0 Å². The van der Waals surface area contributed by atoms with Crippen LogP contribution in [0.1, 0.15) is 32.1 Å². The number of carboxylic acid groups (broad SMARTS) is 1. The molecule has 108 valence electrons. The Bertz CT molecular complexity index is 342. The molecule has 0 bridgehead atoms. The number of nitrogens with zero attached hydrogens (tertiary/aromatic N) is 1. The molecule has 0 aromatic heterocycles. The molecule has 2 aliphatic rings. The van der Waals surface area contributed by atoms with E-state index in [0.717, 1.165) is 25.7 Å². The number of nitrogens with one attached hydrogen (secondary N) is 1. The van der Waals surface area contributed by atoms with Crippen molar-refractivity contribution in [3.63, 3.8) is 0 Å². The number of likely N-dealkylation sites (N-methyl/N-ethyl adjacent to an activating group) is 1. The van der Waals surface area contributed by atoms with Crippen LogP contribution in [0.4, 0.5) is 4.79 Å². The summed E-state index contributed by atoms with van der Waals surface area (Å²) in [5.74, 6) is -1.26. The van der Waals surface area contributed by atoms with Gasteiger partial charge in [0, 0.05) is 19.7 Å². The van der Waals surface area contributed by atoms with Gasteiger partial charge in [-0.2, -0.15) is 0 Å². The molecule has 0 spiro atoms. The molecule has 3 unspecified atom stereocenters. The zero-order valence-corrected chi connectivity index (χ0v) is 11.3. The first-order valence-electron chi connectivity index (χ1n) is 6.93. The normalized spacial score (nSPS) is 30.9. The quantitative estimate of drug-likeness (QED) is 0.803. The fourth-order valence-corrected chi connectivity index (χ4v) is 2.85. The number of carbonyl (C=O) groups is 2.